The third-order valence-corrected chi connectivity index (χ3v) is 2.32. The van der Waals surface area contributed by atoms with Crippen molar-refractivity contribution in [2.45, 2.75) is 13.5 Å². The van der Waals surface area contributed by atoms with Crippen molar-refractivity contribution in [2.75, 3.05) is 11.9 Å². The molecular formula is C13H14FN3O. The first kappa shape index (κ1) is 12.3. The minimum absolute atomic E-state index is 0.244. The number of hydrogen-bond acceptors (Lipinski definition) is 4. The van der Waals surface area contributed by atoms with E-state index in [9.17, 15) is 4.39 Å². The van der Waals surface area contributed by atoms with Crippen LogP contribution in [0.5, 0.6) is 5.88 Å². The molecule has 94 valence electrons. The zero-order valence-corrected chi connectivity index (χ0v) is 10.1. The molecule has 0 saturated heterocycles. The predicted molar refractivity (Wildman–Crippen MR) is 66.9 cm³/mol. The molecule has 1 aromatic heterocycles. The van der Waals surface area contributed by atoms with Gasteiger partial charge in [-0.25, -0.2) is 9.37 Å². The molecule has 1 aromatic carbocycles. The number of hydrogen-bond donors (Lipinski definition) is 1. The van der Waals surface area contributed by atoms with Crippen LogP contribution in [-0.2, 0) is 6.54 Å². The van der Waals surface area contributed by atoms with Crippen LogP contribution in [0.2, 0.25) is 0 Å². The van der Waals surface area contributed by atoms with Crippen molar-refractivity contribution in [3.63, 3.8) is 0 Å². The fourth-order valence-electron chi connectivity index (χ4n) is 1.47. The second kappa shape index (κ2) is 5.95. The maximum atomic E-state index is 13.4. The molecule has 0 bridgehead atoms. The lowest BCUT2D eigenvalue weighted by Gasteiger charge is -2.07. The van der Waals surface area contributed by atoms with Crippen molar-refractivity contribution in [1.29, 1.82) is 0 Å². The van der Waals surface area contributed by atoms with E-state index in [1.807, 2.05) is 6.92 Å². The van der Waals surface area contributed by atoms with Crippen molar-refractivity contribution in [3.8, 4) is 5.88 Å². The Labute approximate surface area is 105 Å². The van der Waals surface area contributed by atoms with Crippen molar-refractivity contribution in [3.05, 3.63) is 47.9 Å². The third-order valence-electron chi connectivity index (χ3n) is 2.32. The highest BCUT2D eigenvalue weighted by Gasteiger charge is 2.02. The van der Waals surface area contributed by atoms with Gasteiger partial charge < -0.3 is 10.1 Å². The van der Waals surface area contributed by atoms with E-state index in [1.165, 1.54) is 6.07 Å². The second-order valence-corrected chi connectivity index (χ2v) is 3.60. The quantitative estimate of drug-likeness (QED) is 0.882. The Morgan fingerprint density at radius 3 is 2.89 bits per heavy atom. The maximum absolute atomic E-state index is 13.4. The molecule has 0 fully saturated rings. The summed E-state index contributed by atoms with van der Waals surface area (Å²) >= 11 is 0. The molecule has 0 aliphatic carbocycles. The highest BCUT2D eigenvalue weighted by atomic mass is 19.1. The van der Waals surface area contributed by atoms with Crippen LogP contribution in [0.15, 0.2) is 36.5 Å². The number of nitrogens with one attached hydrogen (secondary N) is 1. The van der Waals surface area contributed by atoms with Crippen molar-refractivity contribution < 1.29 is 9.13 Å². The van der Waals surface area contributed by atoms with Gasteiger partial charge in [-0.3, -0.25) is 0 Å². The first-order valence-corrected chi connectivity index (χ1v) is 5.72. The molecule has 0 amide bonds. The molecule has 5 heteroatoms. The first-order chi connectivity index (χ1) is 8.79. The second-order valence-electron chi connectivity index (χ2n) is 3.60. The van der Waals surface area contributed by atoms with Crippen LogP contribution in [0.3, 0.4) is 0 Å². The third kappa shape index (κ3) is 3.16. The number of aromatic nitrogens is 2. The maximum Gasteiger partial charge on any atom is 0.226 e. The lowest BCUT2D eigenvalue weighted by molar-refractivity contribution is 0.326. The van der Waals surface area contributed by atoms with Gasteiger partial charge in [0.25, 0.3) is 0 Å². The molecule has 4 nitrogen and oxygen atoms in total. The Hall–Kier alpha value is -2.17. The predicted octanol–water partition coefficient (Wildman–Crippen LogP) is 2.63. The molecule has 18 heavy (non-hydrogen) atoms. The van der Waals surface area contributed by atoms with Gasteiger partial charge >= 0.3 is 0 Å². The van der Waals surface area contributed by atoms with E-state index in [-0.39, 0.29) is 5.82 Å². The highest BCUT2D eigenvalue weighted by Crippen LogP contribution is 2.11. The van der Waals surface area contributed by atoms with E-state index in [1.54, 1.807) is 30.5 Å². The smallest absolute Gasteiger partial charge is 0.226 e. The van der Waals surface area contributed by atoms with Crippen molar-refractivity contribution in [1.82, 2.24) is 9.97 Å². The number of rotatable bonds is 5. The highest BCUT2D eigenvalue weighted by molar-refractivity contribution is 5.30. The standard InChI is InChI=1S/C13H14FN3O/c1-2-18-12-7-8-15-13(17-12)16-9-10-5-3-4-6-11(10)14/h3-8H,2,9H2,1H3,(H,15,16,17). The summed E-state index contributed by atoms with van der Waals surface area (Å²) in [7, 11) is 0. The van der Waals surface area contributed by atoms with Gasteiger partial charge in [-0.15, -0.1) is 0 Å². The van der Waals surface area contributed by atoms with E-state index in [4.69, 9.17) is 4.74 Å². The Balaban J connectivity index is 2.02. The van der Waals surface area contributed by atoms with E-state index in [0.29, 0.717) is 30.5 Å². The van der Waals surface area contributed by atoms with Crippen molar-refractivity contribution >= 4 is 5.95 Å². The number of halogens is 1. The fraction of sp³-hybridized carbons (Fsp3) is 0.231. The number of anilines is 1. The summed E-state index contributed by atoms with van der Waals surface area (Å²) in [6, 6.07) is 8.27. The summed E-state index contributed by atoms with van der Waals surface area (Å²) in [5.41, 5.74) is 0.572. The Morgan fingerprint density at radius 2 is 2.11 bits per heavy atom. The summed E-state index contributed by atoms with van der Waals surface area (Å²) in [5.74, 6) is 0.679. The number of nitrogens with zero attached hydrogens (tertiary/aromatic N) is 2. The SMILES string of the molecule is CCOc1ccnc(NCc2ccccc2F)n1. The van der Waals surface area contributed by atoms with Gasteiger partial charge in [0.05, 0.1) is 6.61 Å². The topological polar surface area (TPSA) is 47.0 Å². The number of benzene rings is 1. The van der Waals surface area contributed by atoms with Gasteiger partial charge in [-0.2, -0.15) is 4.98 Å². The van der Waals surface area contributed by atoms with Crippen LogP contribution in [0.4, 0.5) is 10.3 Å². The van der Waals surface area contributed by atoms with Gasteiger partial charge in [0, 0.05) is 24.4 Å². The molecule has 2 aromatic rings. The molecular weight excluding hydrogens is 233 g/mol. The lowest BCUT2D eigenvalue weighted by atomic mass is 10.2. The minimum atomic E-state index is -0.244. The monoisotopic (exact) mass is 247 g/mol. The molecule has 0 unspecified atom stereocenters. The zero-order chi connectivity index (χ0) is 12.8. The van der Waals surface area contributed by atoms with Crippen molar-refractivity contribution in [2.24, 2.45) is 0 Å². The van der Waals surface area contributed by atoms with Gasteiger partial charge in [0.2, 0.25) is 11.8 Å². The minimum Gasteiger partial charge on any atom is -0.478 e. The summed E-state index contributed by atoms with van der Waals surface area (Å²) in [4.78, 5) is 8.18. The molecule has 1 N–H and O–H groups in total. The molecule has 0 aliphatic heterocycles. The van der Waals surface area contributed by atoms with E-state index in [0.717, 1.165) is 0 Å². The number of ether oxygens (including phenoxy) is 1. The molecule has 0 atom stereocenters. The van der Waals surface area contributed by atoms with Gasteiger partial charge in [-0.05, 0) is 13.0 Å². The van der Waals surface area contributed by atoms with E-state index >= 15 is 0 Å². The van der Waals surface area contributed by atoms with Crippen LogP contribution < -0.4 is 10.1 Å². The van der Waals surface area contributed by atoms with E-state index < -0.39 is 0 Å². The molecule has 0 aliphatic rings. The van der Waals surface area contributed by atoms with Crippen LogP contribution in [-0.4, -0.2) is 16.6 Å². The molecule has 0 spiro atoms. The first-order valence-electron chi connectivity index (χ1n) is 5.72. The van der Waals surface area contributed by atoms with Crippen LogP contribution in [0.25, 0.3) is 0 Å². The van der Waals surface area contributed by atoms with Gasteiger partial charge in [0.15, 0.2) is 0 Å². The fourth-order valence-corrected chi connectivity index (χ4v) is 1.47. The summed E-state index contributed by atoms with van der Waals surface area (Å²) < 4.78 is 18.6. The molecule has 0 radical (unpaired) electrons. The molecule has 2 rings (SSSR count). The Kier molecular flexibility index (Phi) is 4.06. The van der Waals surface area contributed by atoms with Crippen LogP contribution in [0.1, 0.15) is 12.5 Å². The van der Waals surface area contributed by atoms with Crippen LogP contribution in [0, 0.1) is 5.82 Å². The average Bonchev–Trinajstić information content (AvgIpc) is 2.39. The molecule has 0 saturated carbocycles. The Bertz CT molecular complexity index is 519. The zero-order valence-electron chi connectivity index (χ0n) is 10.1. The normalized spacial score (nSPS) is 10.1. The summed E-state index contributed by atoms with van der Waals surface area (Å²) in [6.07, 6.45) is 1.60. The average molecular weight is 247 g/mol. The lowest BCUT2D eigenvalue weighted by Crippen LogP contribution is -2.06. The summed E-state index contributed by atoms with van der Waals surface area (Å²) in [5, 5.41) is 2.96. The largest absolute Gasteiger partial charge is 0.478 e. The molecule has 1 heterocycles. The van der Waals surface area contributed by atoms with Crippen LogP contribution >= 0.6 is 0 Å². The van der Waals surface area contributed by atoms with Gasteiger partial charge in [-0.1, -0.05) is 18.2 Å². The Morgan fingerprint density at radius 1 is 1.28 bits per heavy atom. The van der Waals surface area contributed by atoms with Gasteiger partial charge in [0.1, 0.15) is 5.82 Å². The summed E-state index contributed by atoms with van der Waals surface area (Å²) in [6.45, 7) is 2.76. The van der Waals surface area contributed by atoms with E-state index in [2.05, 4.69) is 15.3 Å².